The standard InChI is InChI=1S/C18H16NO4.W/c1-11(17(20)21)19-18(22)23-10-16-14-8-4-2-6-12(14)13-7-3-5-9-15(13)16;/h2-9,11,16H,1,10H2,(H,19,22)(H,20,21);/q-1;/p-1. The van der Waals surface area contributed by atoms with E-state index in [1.807, 2.05) is 48.5 Å². The fourth-order valence-electron chi connectivity index (χ4n) is 2.81. The van der Waals surface area contributed by atoms with Gasteiger partial charge in [0.15, 0.2) is 0 Å². The number of aliphatic carboxylic acids is 1. The van der Waals surface area contributed by atoms with Crippen molar-refractivity contribution in [2.75, 3.05) is 6.61 Å². The van der Waals surface area contributed by atoms with E-state index in [1.165, 1.54) is 0 Å². The average molecular weight is 493 g/mol. The second-order valence-corrected chi connectivity index (χ2v) is 5.29. The quantitative estimate of drug-likeness (QED) is 0.401. The number of carbonyl (C=O) groups is 1. The molecule has 1 aliphatic rings. The summed E-state index contributed by atoms with van der Waals surface area (Å²) in [6.45, 7) is 3.38. The molecule has 124 valence electrons. The minimum absolute atomic E-state index is 0. The molecule has 0 aliphatic heterocycles. The molecule has 0 spiro atoms. The molecule has 3 rings (SSSR count). The molecule has 1 aliphatic carbocycles. The SMILES string of the molecule is [CH2-]C(N=C([O-])OCC1c2ccccc2-c2ccccc21)C(=O)O.[W]. The summed E-state index contributed by atoms with van der Waals surface area (Å²) in [7, 11) is 0. The van der Waals surface area contributed by atoms with Crippen LogP contribution in [-0.4, -0.2) is 29.8 Å². The van der Waals surface area contributed by atoms with Crippen molar-refractivity contribution < 1.29 is 40.8 Å². The first-order valence-corrected chi connectivity index (χ1v) is 7.19. The Bertz CT molecular complexity index is 730. The summed E-state index contributed by atoms with van der Waals surface area (Å²) in [5.74, 6) is -1.34. The van der Waals surface area contributed by atoms with Gasteiger partial charge >= 0.3 is 0 Å². The van der Waals surface area contributed by atoms with Gasteiger partial charge in [0.1, 0.15) is 6.08 Å². The van der Waals surface area contributed by atoms with Crippen LogP contribution < -0.4 is 5.11 Å². The van der Waals surface area contributed by atoms with Crippen LogP contribution in [0.1, 0.15) is 17.0 Å². The maximum Gasteiger partial charge on any atom is 0.296 e. The maximum absolute atomic E-state index is 11.6. The second kappa shape index (κ2) is 7.63. The third-order valence-corrected chi connectivity index (χ3v) is 3.88. The first kappa shape index (κ1) is 18.2. The van der Waals surface area contributed by atoms with Crippen LogP contribution in [0, 0.1) is 6.92 Å². The van der Waals surface area contributed by atoms with Gasteiger partial charge in [-0.3, -0.25) is 9.79 Å². The topological polar surface area (TPSA) is 82.0 Å². The molecular weight excluding hydrogens is 478 g/mol. The number of rotatable bonds is 4. The van der Waals surface area contributed by atoms with E-state index in [9.17, 15) is 9.90 Å². The molecule has 0 heterocycles. The summed E-state index contributed by atoms with van der Waals surface area (Å²) in [6, 6.07) is 14.6. The van der Waals surface area contributed by atoms with E-state index < -0.39 is 18.1 Å². The Morgan fingerprint density at radius 2 is 1.67 bits per heavy atom. The summed E-state index contributed by atoms with van der Waals surface area (Å²) in [5, 5.41) is 20.4. The fourth-order valence-corrected chi connectivity index (χ4v) is 2.81. The van der Waals surface area contributed by atoms with Crippen LogP contribution in [0.5, 0.6) is 0 Å². The molecule has 0 aromatic heterocycles. The van der Waals surface area contributed by atoms with Gasteiger partial charge in [-0.1, -0.05) is 48.5 Å². The van der Waals surface area contributed by atoms with Crippen LogP contribution in [0.15, 0.2) is 53.5 Å². The molecule has 2 aromatic rings. The van der Waals surface area contributed by atoms with Crippen LogP contribution in [0.25, 0.3) is 11.1 Å². The van der Waals surface area contributed by atoms with Crippen LogP contribution in [0.4, 0.5) is 0 Å². The number of ether oxygens (including phenoxy) is 1. The van der Waals surface area contributed by atoms with Crippen LogP contribution in [0.2, 0.25) is 0 Å². The predicted molar refractivity (Wildman–Crippen MR) is 83.9 cm³/mol. The number of carboxylic acid groups (broad SMARTS) is 1. The smallest absolute Gasteiger partial charge is 0.296 e. The molecule has 0 saturated heterocycles. The first-order valence-electron chi connectivity index (χ1n) is 7.19. The molecular formula is C18H15NO4W-2. The number of fused-ring (bicyclic) bond motifs is 3. The van der Waals surface area contributed by atoms with E-state index in [-0.39, 0.29) is 33.6 Å². The number of hydrogen-bond acceptors (Lipinski definition) is 4. The van der Waals surface area contributed by atoms with Crippen molar-refractivity contribution in [2.45, 2.75) is 12.0 Å². The van der Waals surface area contributed by atoms with Crippen LogP contribution in [-0.2, 0) is 30.6 Å². The normalized spacial score (nSPS) is 14.3. The zero-order valence-electron chi connectivity index (χ0n) is 12.7. The fraction of sp³-hybridized carbons (Fsp3) is 0.167. The van der Waals surface area contributed by atoms with Gasteiger partial charge in [0, 0.05) is 39.6 Å². The van der Waals surface area contributed by atoms with Crippen molar-refractivity contribution in [1.82, 2.24) is 0 Å². The summed E-state index contributed by atoms with van der Waals surface area (Å²) in [6.07, 6.45) is -0.908. The number of benzene rings is 2. The third-order valence-electron chi connectivity index (χ3n) is 3.88. The maximum atomic E-state index is 11.6. The van der Waals surface area contributed by atoms with Crippen molar-refractivity contribution in [2.24, 2.45) is 4.99 Å². The zero-order valence-corrected chi connectivity index (χ0v) is 15.6. The molecule has 24 heavy (non-hydrogen) atoms. The van der Waals surface area contributed by atoms with Gasteiger partial charge in [-0.05, 0) is 22.3 Å². The van der Waals surface area contributed by atoms with E-state index in [2.05, 4.69) is 11.9 Å². The summed E-state index contributed by atoms with van der Waals surface area (Å²) in [4.78, 5) is 14.0. The van der Waals surface area contributed by atoms with Crippen molar-refractivity contribution >= 4 is 12.1 Å². The largest absolute Gasteiger partial charge is 0.599 e. The molecule has 0 amide bonds. The van der Waals surface area contributed by atoms with E-state index in [0.717, 1.165) is 22.3 Å². The van der Waals surface area contributed by atoms with Crippen molar-refractivity contribution in [3.63, 3.8) is 0 Å². The van der Waals surface area contributed by atoms with Crippen molar-refractivity contribution in [1.29, 1.82) is 0 Å². The molecule has 1 N–H and O–H groups in total. The Morgan fingerprint density at radius 3 is 2.17 bits per heavy atom. The van der Waals surface area contributed by atoms with Crippen LogP contribution >= 0.6 is 0 Å². The number of nitrogens with zero attached hydrogens (tertiary/aromatic N) is 1. The predicted octanol–water partition coefficient (Wildman–Crippen LogP) is 1.82. The van der Waals surface area contributed by atoms with E-state index >= 15 is 0 Å². The van der Waals surface area contributed by atoms with Crippen LogP contribution in [0.3, 0.4) is 0 Å². The zero-order chi connectivity index (χ0) is 16.4. The Morgan fingerprint density at radius 1 is 1.17 bits per heavy atom. The molecule has 0 saturated carbocycles. The molecule has 0 fully saturated rings. The Kier molecular flexibility index (Phi) is 5.79. The van der Waals surface area contributed by atoms with E-state index in [4.69, 9.17) is 9.84 Å². The van der Waals surface area contributed by atoms with Gasteiger partial charge in [0.25, 0.3) is 5.97 Å². The molecule has 6 heteroatoms. The summed E-state index contributed by atoms with van der Waals surface area (Å²) < 4.78 is 5.15. The summed E-state index contributed by atoms with van der Waals surface area (Å²) in [5.41, 5.74) is 4.43. The number of hydrogen-bond donors (Lipinski definition) is 1. The van der Waals surface area contributed by atoms with Crippen molar-refractivity contribution in [3.05, 3.63) is 66.6 Å². The molecule has 5 nitrogen and oxygen atoms in total. The molecule has 0 radical (unpaired) electrons. The minimum atomic E-state index is -1.36. The van der Waals surface area contributed by atoms with Gasteiger partial charge in [-0.2, -0.15) is 0 Å². The Labute approximate surface area is 154 Å². The monoisotopic (exact) mass is 493 g/mol. The van der Waals surface area contributed by atoms with Gasteiger partial charge < -0.3 is 21.9 Å². The molecule has 1 atom stereocenters. The van der Waals surface area contributed by atoms with Gasteiger partial charge in [-0.15, -0.1) is 0 Å². The molecule has 2 aromatic carbocycles. The molecule has 1 unspecified atom stereocenters. The average Bonchev–Trinajstić information content (AvgIpc) is 2.87. The first-order chi connectivity index (χ1) is 11.1. The van der Waals surface area contributed by atoms with Gasteiger partial charge in [0.05, 0.1) is 0 Å². The Hall–Kier alpha value is -2.13. The minimum Gasteiger partial charge on any atom is -0.599 e. The van der Waals surface area contributed by atoms with E-state index in [0.29, 0.717) is 0 Å². The van der Waals surface area contributed by atoms with Crippen molar-refractivity contribution in [3.8, 4) is 11.1 Å². The van der Waals surface area contributed by atoms with Gasteiger partial charge in [-0.25, -0.2) is 0 Å². The summed E-state index contributed by atoms with van der Waals surface area (Å²) >= 11 is 0. The second-order valence-electron chi connectivity index (χ2n) is 5.29. The number of aliphatic imine (C=N–C) groups is 1. The Balaban J connectivity index is 0.00000208. The number of carboxylic acids is 1. The van der Waals surface area contributed by atoms with Gasteiger partial charge in [0.2, 0.25) is 0 Å². The molecule has 0 bridgehead atoms. The van der Waals surface area contributed by atoms with E-state index in [1.54, 1.807) is 0 Å². The third kappa shape index (κ3) is 3.51.